The highest BCUT2D eigenvalue weighted by molar-refractivity contribution is 9.10. The van der Waals surface area contributed by atoms with Gasteiger partial charge >= 0.3 is 0 Å². The number of benzene rings is 1. The van der Waals surface area contributed by atoms with E-state index in [1.54, 1.807) is 11.3 Å². The quantitative estimate of drug-likeness (QED) is 0.670. The lowest BCUT2D eigenvalue weighted by molar-refractivity contribution is 0.934. The Morgan fingerprint density at radius 3 is 2.81 bits per heavy atom. The predicted molar refractivity (Wildman–Crippen MR) is 75.5 cm³/mol. The molecule has 3 heteroatoms. The lowest BCUT2D eigenvalue weighted by Crippen LogP contribution is -1.94. The number of alkyl halides is 1. The number of rotatable bonds is 3. The van der Waals surface area contributed by atoms with Crippen LogP contribution >= 0.6 is 38.9 Å². The molecule has 0 radical (unpaired) electrons. The van der Waals surface area contributed by atoms with Gasteiger partial charge in [-0.1, -0.05) is 29.8 Å². The Balaban J connectivity index is 2.14. The van der Waals surface area contributed by atoms with Crippen molar-refractivity contribution < 1.29 is 0 Å². The molecule has 0 amide bonds. The summed E-state index contributed by atoms with van der Waals surface area (Å²) in [7, 11) is 0. The van der Waals surface area contributed by atoms with E-state index in [1.807, 2.05) is 6.07 Å². The van der Waals surface area contributed by atoms with Gasteiger partial charge in [0.05, 0.1) is 5.38 Å². The molecule has 0 saturated carbocycles. The molecule has 0 aliphatic carbocycles. The Morgan fingerprint density at radius 2 is 2.19 bits per heavy atom. The van der Waals surface area contributed by atoms with Gasteiger partial charge in [0, 0.05) is 9.35 Å². The minimum atomic E-state index is 0.0520. The molecule has 2 aromatic rings. The molecule has 0 nitrogen and oxygen atoms in total. The van der Waals surface area contributed by atoms with Crippen LogP contribution in [-0.2, 0) is 6.42 Å². The van der Waals surface area contributed by atoms with Crippen LogP contribution in [0.4, 0.5) is 0 Å². The van der Waals surface area contributed by atoms with Gasteiger partial charge in [-0.2, -0.15) is 0 Å². The molecule has 0 spiro atoms. The second-order valence-corrected chi connectivity index (χ2v) is 6.12. The first-order valence-electron chi connectivity index (χ1n) is 5.09. The molecular formula is C13H12BrClS. The zero-order valence-electron chi connectivity index (χ0n) is 8.91. The van der Waals surface area contributed by atoms with Crippen molar-refractivity contribution in [1.82, 2.24) is 0 Å². The summed E-state index contributed by atoms with van der Waals surface area (Å²) in [6.45, 7) is 2.10. The number of hydrogen-bond acceptors (Lipinski definition) is 1. The summed E-state index contributed by atoms with van der Waals surface area (Å²) in [6, 6.07) is 10.6. The highest BCUT2D eigenvalue weighted by Gasteiger charge is 2.13. The third-order valence-electron chi connectivity index (χ3n) is 2.43. The topological polar surface area (TPSA) is 0 Å². The van der Waals surface area contributed by atoms with E-state index >= 15 is 0 Å². The average molecular weight is 316 g/mol. The van der Waals surface area contributed by atoms with Gasteiger partial charge in [-0.3, -0.25) is 0 Å². The SMILES string of the molecule is Cc1cccc(CC(Cl)c2sccc2Br)c1. The highest BCUT2D eigenvalue weighted by atomic mass is 79.9. The first-order chi connectivity index (χ1) is 7.66. The molecule has 0 saturated heterocycles. The normalized spacial score (nSPS) is 12.7. The summed E-state index contributed by atoms with van der Waals surface area (Å²) in [6.07, 6.45) is 0.877. The van der Waals surface area contributed by atoms with Gasteiger partial charge in [-0.25, -0.2) is 0 Å². The number of aryl methyl sites for hydroxylation is 1. The van der Waals surface area contributed by atoms with Gasteiger partial charge in [-0.05, 0) is 46.3 Å². The van der Waals surface area contributed by atoms with E-state index in [4.69, 9.17) is 11.6 Å². The van der Waals surface area contributed by atoms with E-state index in [9.17, 15) is 0 Å². The standard InChI is InChI=1S/C13H12BrClS/c1-9-3-2-4-10(7-9)8-12(15)13-11(14)5-6-16-13/h2-7,12H,8H2,1H3. The Hall–Kier alpha value is -0.310. The van der Waals surface area contributed by atoms with Gasteiger partial charge in [-0.15, -0.1) is 22.9 Å². The van der Waals surface area contributed by atoms with Crippen molar-refractivity contribution >= 4 is 38.9 Å². The number of hydrogen-bond donors (Lipinski definition) is 0. The van der Waals surface area contributed by atoms with Crippen LogP contribution in [0.1, 0.15) is 21.4 Å². The summed E-state index contributed by atoms with van der Waals surface area (Å²) in [5, 5.41) is 2.11. The van der Waals surface area contributed by atoms with Crippen LogP contribution in [0.5, 0.6) is 0 Å². The average Bonchev–Trinajstić information content (AvgIpc) is 2.64. The number of halogens is 2. The fourth-order valence-electron chi connectivity index (χ4n) is 1.67. The summed E-state index contributed by atoms with van der Waals surface area (Å²) >= 11 is 11.6. The van der Waals surface area contributed by atoms with Gasteiger partial charge in [0.25, 0.3) is 0 Å². The van der Waals surface area contributed by atoms with Crippen LogP contribution in [0.2, 0.25) is 0 Å². The molecule has 1 aromatic heterocycles. The monoisotopic (exact) mass is 314 g/mol. The number of thiophene rings is 1. The minimum Gasteiger partial charge on any atom is -0.146 e. The van der Waals surface area contributed by atoms with Crippen molar-refractivity contribution in [1.29, 1.82) is 0 Å². The molecule has 0 N–H and O–H groups in total. The van der Waals surface area contributed by atoms with Crippen molar-refractivity contribution in [3.8, 4) is 0 Å². The van der Waals surface area contributed by atoms with Gasteiger partial charge in [0.15, 0.2) is 0 Å². The lowest BCUT2D eigenvalue weighted by atomic mass is 10.1. The summed E-state index contributed by atoms with van der Waals surface area (Å²) in [5.74, 6) is 0. The van der Waals surface area contributed by atoms with Gasteiger partial charge in [0.1, 0.15) is 0 Å². The van der Waals surface area contributed by atoms with Crippen molar-refractivity contribution in [2.45, 2.75) is 18.7 Å². The summed E-state index contributed by atoms with van der Waals surface area (Å²) < 4.78 is 1.12. The molecule has 1 aromatic carbocycles. The van der Waals surface area contributed by atoms with Crippen LogP contribution in [-0.4, -0.2) is 0 Å². The molecule has 1 atom stereocenters. The van der Waals surface area contributed by atoms with E-state index in [0.717, 1.165) is 10.9 Å². The fourth-order valence-corrected chi connectivity index (χ4v) is 3.88. The van der Waals surface area contributed by atoms with Crippen LogP contribution in [0.15, 0.2) is 40.2 Å². The minimum absolute atomic E-state index is 0.0520. The summed E-state index contributed by atoms with van der Waals surface area (Å²) in [4.78, 5) is 1.21. The molecule has 1 heterocycles. The largest absolute Gasteiger partial charge is 0.146 e. The molecule has 84 valence electrons. The maximum Gasteiger partial charge on any atom is 0.0730 e. The third-order valence-corrected chi connectivity index (χ3v) is 4.91. The van der Waals surface area contributed by atoms with Gasteiger partial charge in [0.2, 0.25) is 0 Å². The van der Waals surface area contributed by atoms with E-state index in [-0.39, 0.29) is 5.38 Å². The summed E-state index contributed by atoms with van der Waals surface area (Å²) in [5.41, 5.74) is 2.58. The van der Waals surface area contributed by atoms with E-state index in [1.165, 1.54) is 16.0 Å². The molecule has 0 aliphatic rings. The fraction of sp³-hybridized carbons (Fsp3) is 0.231. The third kappa shape index (κ3) is 2.88. The van der Waals surface area contributed by atoms with Crippen molar-refractivity contribution in [3.63, 3.8) is 0 Å². The second kappa shape index (κ2) is 5.35. The molecule has 1 unspecified atom stereocenters. The maximum absolute atomic E-state index is 6.42. The predicted octanol–water partition coefficient (Wildman–Crippen LogP) is 5.34. The van der Waals surface area contributed by atoms with E-state index < -0.39 is 0 Å². The van der Waals surface area contributed by atoms with Crippen LogP contribution in [0.25, 0.3) is 0 Å². The second-order valence-electron chi connectivity index (χ2n) is 3.79. The zero-order chi connectivity index (χ0) is 11.5. The van der Waals surface area contributed by atoms with Crippen LogP contribution in [0.3, 0.4) is 0 Å². The Kier molecular flexibility index (Phi) is 4.06. The maximum atomic E-state index is 6.42. The zero-order valence-corrected chi connectivity index (χ0v) is 12.1. The van der Waals surface area contributed by atoms with Crippen molar-refractivity contribution in [2.24, 2.45) is 0 Å². The smallest absolute Gasteiger partial charge is 0.0730 e. The Labute approximate surface area is 113 Å². The Morgan fingerprint density at radius 1 is 1.38 bits per heavy atom. The van der Waals surface area contributed by atoms with Crippen LogP contribution in [0, 0.1) is 6.92 Å². The first kappa shape index (κ1) is 12.2. The lowest BCUT2D eigenvalue weighted by Gasteiger charge is -2.09. The van der Waals surface area contributed by atoms with E-state index in [2.05, 4.69) is 52.5 Å². The molecule has 0 aliphatic heterocycles. The molecule has 2 rings (SSSR count). The van der Waals surface area contributed by atoms with Gasteiger partial charge < -0.3 is 0 Å². The Bertz CT molecular complexity index is 478. The molecule has 0 bridgehead atoms. The van der Waals surface area contributed by atoms with Crippen LogP contribution < -0.4 is 0 Å². The first-order valence-corrected chi connectivity index (χ1v) is 7.20. The molecule has 0 fully saturated rings. The van der Waals surface area contributed by atoms with E-state index in [0.29, 0.717) is 0 Å². The van der Waals surface area contributed by atoms with Crippen molar-refractivity contribution in [2.75, 3.05) is 0 Å². The molecule has 16 heavy (non-hydrogen) atoms. The molecular weight excluding hydrogens is 304 g/mol. The highest BCUT2D eigenvalue weighted by Crippen LogP contribution is 2.35. The van der Waals surface area contributed by atoms with Crippen molar-refractivity contribution in [3.05, 3.63) is 56.2 Å².